The molecule has 0 saturated heterocycles. The first kappa shape index (κ1) is 13.4. The molecular formula is C15H18N2O2. The molecule has 0 saturated carbocycles. The van der Waals surface area contributed by atoms with Crippen molar-refractivity contribution >= 4 is 0 Å². The van der Waals surface area contributed by atoms with E-state index >= 15 is 0 Å². The van der Waals surface area contributed by atoms with Crippen LogP contribution < -0.4 is 20.9 Å². The fourth-order valence-electron chi connectivity index (χ4n) is 1.70. The lowest BCUT2D eigenvalue weighted by molar-refractivity contribution is -0.112. The highest BCUT2D eigenvalue weighted by Gasteiger charge is 2.29. The Morgan fingerprint density at radius 2 is 1.21 bits per heavy atom. The van der Waals surface area contributed by atoms with Gasteiger partial charge in [0, 0.05) is 6.54 Å². The van der Waals surface area contributed by atoms with Gasteiger partial charge in [-0.25, -0.2) is 0 Å². The Bertz CT molecular complexity index is 447. The Kier molecular flexibility index (Phi) is 4.39. The highest BCUT2D eigenvalue weighted by molar-refractivity contribution is 5.24. The average molecular weight is 258 g/mol. The summed E-state index contributed by atoms with van der Waals surface area (Å²) in [6, 6.07) is 18.6. The molecule has 0 aliphatic heterocycles. The third-order valence-electron chi connectivity index (χ3n) is 2.56. The van der Waals surface area contributed by atoms with Crippen LogP contribution in [0.15, 0.2) is 60.7 Å². The molecule has 0 fully saturated rings. The SMILES string of the molecule is NCCC(N)(Oc1ccccc1)Oc1ccccc1. The molecule has 2 aromatic rings. The van der Waals surface area contributed by atoms with Crippen LogP contribution in [0.4, 0.5) is 0 Å². The predicted octanol–water partition coefficient (Wildman–Crippen LogP) is 2.11. The highest BCUT2D eigenvalue weighted by Crippen LogP contribution is 2.21. The van der Waals surface area contributed by atoms with Crippen LogP contribution in [0.3, 0.4) is 0 Å². The zero-order valence-electron chi connectivity index (χ0n) is 10.7. The average Bonchev–Trinajstić information content (AvgIpc) is 2.41. The molecule has 0 radical (unpaired) electrons. The summed E-state index contributed by atoms with van der Waals surface area (Å²) in [5, 5.41) is 0. The monoisotopic (exact) mass is 258 g/mol. The summed E-state index contributed by atoms with van der Waals surface area (Å²) in [5.74, 6) is 0.0287. The van der Waals surface area contributed by atoms with Crippen LogP contribution in [-0.4, -0.2) is 12.5 Å². The summed E-state index contributed by atoms with van der Waals surface area (Å²) < 4.78 is 11.4. The molecule has 19 heavy (non-hydrogen) atoms. The van der Waals surface area contributed by atoms with Crippen molar-refractivity contribution in [2.75, 3.05) is 6.54 Å². The first-order valence-electron chi connectivity index (χ1n) is 6.19. The number of benzene rings is 2. The van der Waals surface area contributed by atoms with E-state index in [-0.39, 0.29) is 0 Å². The Labute approximate surface area is 112 Å². The Morgan fingerprint density at radius 3 is 1.58 bits per heavy atom. The van der Waals surface area contributed by atoms with Gasteiger partial charge in [-0.15, -0.1) is 0 Å². The molecule has 0 aliphatic carbocycles. The van der Waals surface area contributed by atoms with E-state index in [1.54, 1.807) is 0 Å². The van der Waals surface area contributed by atoms with Gasteiger partial charge < -0.3 is 15.2 Å². The molecule has 4 N–H and O–H groups in total. The Morgan fingerprint density at radius 1 is 0.789 bits per heavy atom. The van der Waals surface area contributed by atoms with Gasteiger partial charge in [-0.2, -0.15) is 0 Å². The third-order valence-corrected chi connectivity index (χ3v) is 2.56. The molecular weight excluding hydrogens is 240 g/mol. The van der Waals surface area contributed by atoms with Crippen molar-refractivity contribution in [3.05, 3.63) is 60.7 Å². The van der Waals surface area contributed by atoms with E-state index < -0.39 is 5.91 Å². The summed E-state index contributed by atoms with van der Waals surface area (Å²) in [6.45, 7) is 0.371. The van der Waals surface area contributed by atoms with Crippen molar-refractivity contribution in [2.45, 2.75) is 12.3 Å². The van der Waals surface area contributed by atoms with Crippen LogP contribution in [0.2, 0.25) is 0 Å². The van der Waals surface area contributed by atoms with E-state index in [0.717, 1.165) is 0 Å². The van der Waals surface area contributed by atoms with Gasteiger partial charge in [-0.3, -0.25) is 5.73 Å². The minimum Gasteiger partial charge on any atom is -0.440 e. The summed E-state index contributed by atoms with van der Waals surface area (Å²) in [4.78, 5) is 0. The van der Waals surface area contributed by atoms with Gasteiger partial charge in [0.05, 0.1) is 6.42 Å². The lowest BCUT2D eigenvalue weighted by atomic mass is 10.3. The molecule has 4 nitrogen and oxygen atoms in total. The number of rotatable bonds is 6. The second kappa shape index (κ2) is 6.22. The largest absolute Gasteiger partial charge is 0.440 e. The topological polar surface area (TPSA) is 70.5 Å². The van der Waals surface area contributed by atoms with Crippen molar-refractivity contribution < 1.29 is 9.47 Å². The number of para-hydroxylation sites is 2. The summed E-state index contributed by atoms with van der Waals surface area (Å²) in [7, 11) is 0. The number of hydrogen-bond donors (Lipinski definition) is 2. The fraction of sp³-hybridized carbons (Fsp3) is 0.200. The molecule has 0 spiro atoms. The predicted molar refractivity (Wildman–Crippen MR) is 74.7 cm³/mol. The van der Waals surface area contributed by atoms with E-state index in [0.29, 0.717) is 24.5 Å². The van der Waals surface area contributed by atoms with Crippen molar-refractivity contribution in [1.82, 2.24) is 0 Å². The van der Waals surface area contributed by atoms with Gasteiger partial charge in [0.2, 0.25) is 0 Å². The van der Waals surface area contributed by atoms with E-state index in [1.165, 1.54) is 0 Å². The first-order chi connectivity index (χ1) is 9.22. The van der Waals surface area contributed by atoms with Crippen LogP contribution in [0.25, 0.3) is 0 Å². The van der Waals surface area contributed by atoms with Gasteiger partial charge in [0.1, 0.15) is 11.5 Å². The lowest BCUT2D eigenvalue weighted by Gasteiger charge is -2.30. The fourth-order valence-corrected chi connectivity index (χ4v) is 1.70. The Balaban J connectivity index is 2.13. The third kappa shape index (κ3) is 3.98. The van der Waals surface area contributed by atoms with Crippen molar-refractivity contribution in [1.29, 1.82) is 0 Å². The van der Waals surface area contributed by atoms with Gasteiger partial charge in [0.15, 0.2) is 0 Å². The van der Waals surface area contributed by atoms with E-state index in [4.69, 9.17) is 20.9 Å². The Hall–Kier alpha value is -2.04. The molecule has 100 valence electrons. The van der Waals surface area contributed by atoms with Crippen molar-refractivity contribution in [3.63, 3.8) is 0 Å². The molecule has 0 unspecified atom stereocenters. The van der Waals surface area contributed by atoms with Gasteiger partial charge in [-0.05, 0) is 24.3 Å². The van der Waals surface area contributed by atoms with Crippen molar-refractivity contribution in [2.24, 2.45) is 11.5 Å². The van der Waals surface area contributed by atoms with Crippen LogP contribution in [0.1, 0.15) is 6.42 Å². The van der Waals surface area contributed by atoms with E-state index in [2.05, 4.69) is 0 Å². The minimum absolute atomic E-state index is 0.371. The summed E-state index contributed by atoms with van der Waals surface area (Å²) in [6.07, 6.45) is 0.386. The second-order valence-electron chi connectivity index (χ2n) is 4.18. The smallest absolute Gasteiger partial charge is 0.311 e. The molecule has 2 rings (SSSR count). The molecule has 4 heteroatoms. The van der Waals surface area contributed by atoms with Gasteiger partial charge in [0.25, 0.3) is 0 Å². The zero-order chi connectivity index (χ0) is 13.6. The summed E-state index contributed by atoms with van der Waals surface area (Å²) in [5.41, 5.74) is 11.7. The maximum Gasteiger partial charge on any atom is 0.311 e. The molecule has 0 amide bonds. The lowest BCUT2D eigenvalue weighted by Crippen LogP contribution is -2.52. The molecule has 2 aromatic carbocycles. The minimum atomic E-state index is -1.27. The quantitative estimate of drug-likeness (QED) is 0.778. The highest BCUT2D eigenvalue weighted by atomic mass is 16.7. The van der Waals surface area contributed by atoms with Crippen LogP contribution in [-0.2, 0) is 0 Å². The van der Waals surface area contributed by atoms with Gasteiger partial charge in [-0.1, -0.05) is 36.4 Å². The second-order valence-corrected chi connectivity index (χ2v) is 4.18. The maximum atomic E-state index is 6.15. The maximum absolute atomic E-state index is 6.15. The molecule has 0 aromatic heterocycles. The van der Waals surface area contributed by atoms with Gasteiger partial charge >= 0.3 is 5.91 Å². The van der Waals surface area contributed by atoms with E-state index in [1.807, 2.05) is 60.7 Å². The first-order valence-corrected chi connectivity index (χ1v) is 6.19. The summed E-state index contributed by atoms with van der Waals surface area (Å²) >= 11 is 0. The van der Waals surface area contributed by atoms with Crippen LogP contribution in [0, 0.1) is 0 Å². The molecule has 0 bridgehead atoms. The van der Waals surface area contributed by atoms with Crippen LogP contribution in [0.5, 0.6) is 11.5 Å². The molecule has 0 aliphatic rings. The van der Waals surface area contributed by atoms with E-state index in [9.17, 15) is 0 Å². The van der Waals surface area contributed by atoms with Crippen LogP contribution >= 0.6 is 0 Å². The number of hydrogen-bond acceptors (Lipinski definition) is 4. The zero-order valence-corrected chi connectivity index (χ0v) is 10.7. The number of ether oxygens (including phenoxy) is 2. The molecule has 0 heterocycles. The number of nitrogens with two attached hydrogens (primary N) is 2. The van der Waals surface area contributed by atoms with Crippen molar-refractivity contribution in [3.8, 4) is 11.5 Å². The molecule has 0 atom stereocenters. The normalized spacial score (nSPS) is 11.1. The standard InChI is InChI=1S/C15H18N2O2/c16-12-11-15(17,18-13-7-3-1-4-8-13)19-14-9-5-2-6-10-14/h1-10H,11-12,16-17H2.